The molecule has 0 aliphatic carbocycles. The summed E-state index contributed by atoms with van der Waals surface area (Å²) >= 11 is 6.16. The lowest BCUT2D eigenvalue weighted by molar-refractivity contribution is 0.104. The number of hydrogen-bond donors (Lipinski definition) is 2. The third-order valence-corrected chi connectivity index (χ3v) is 3.54. The number of pyridine rings is 1. The first-order chi connectivity index (χ1) is 9.58. The first-order valence-electron chi connectivity index (χ1n) is 6.10. The summed E-state index contributed by atoms with van der Waals surface area (Å²) in [6.45, 7) is 1.92. The van der Waals surface area contributed by atoms with Crippen LogP contribution in [-0.4, -0.2) is 15.8 Å². The molecule has 1 aromatic carbocycles. The van der Waals surface area contributed by atoms with E-state index in [1.807, 2.05) is 13.0 Å². The molecule has 4 nitrogen and oxygen atoms in total. The Morgan fingerprint density at radius 3 is 2.90 bits per heavy atom. The number of rotatable bonds is 2. The highest BCUT2D eigenvalue weighted by Crippen LogP contribution is 2.28. The average Bonchev–Trinajstić information content (AvgIpc) is 2.86. The third-order valence-electron chi connectivity index (χ3n) is 3.22. The Labute approximate surface area is 120 Å². The van der Waals surface area contributed by atoms with Crippen LogP contribution in [0.5, 0.6) is 0 Å². The zero-order valence-corrected chi connectivity index (χ0v) is 11.5. The molecule has 20 heavy (non-hydrogen) atoms. The number of fused-ring (bicyclic) bond motifs is 1. The van der Waals surface area contributed by atoms with E-state index in [0.717, 1.165) is 5.56 Å². The van der Waals surface area contributed by atoms with Crippen molar-refractivity contribution in [1.82, 2.24) is 9.97 Å². The molecule has 0 bridgehead atoms. The minimum atomic E-state index is -0.160. The number of halogens is 1. The van der Waals surface area contributed by atoms with Gasteiger partial charge in [0.15, 0.2) is 5.78 Å². The molecule has 0 saturated carbocycles. The van der Waals surface area contributed by atoms with Crippen LogP contribution in [0.1, 0.15) is 21.5 Å². The fourth-order valence-corrected chi connectivity index (χ4v) is 2.46. The Balaban J connectivity index is 2.21. The molecule has 3 aromatic rings. The van der Waals surface area contributed by atoms with E-state index in [1.54, 1.807) is 30.6 Å². The van der Waals surface area contributed by atoms with Gasteiger partial charge in [-0.2, -0.15) is 0 Å². The lowest BCUT2D eigenvalue weighted by atomic mass is 10.00. The first kappa shape index (κ1) is 12.7. The zero-order chi connectivity index (χ0) is 14.3. The Hall–Kier alpha value is -2.33. The summed E-state index contributed by atoms with van der Waals surface area (Å²) in [5, 5.41) is 1.12. The highest BCUT2D eigenvalue weighted by atomic mass is 35.5. The molecule has 3 N–H and O–H groups in total. The van der Waals surface area contributed by atoms with Gasteiger partial charge in [0.1, 0.15) is 5.65 Å². The van der Waals surface area contributed by atoms with Crippen molar-refractivity contribution in [2.75, 3.05) is 5.73 Å². The van der Waals surface area contributed by atoms with E-state index in [2.05, 4.69) is 9.97 Å². The monoisotopic (exact) mass is 285 g/mol. The molecule has 0 aliphatic heterocycles. The highest BCUT2D eigenvalue weighted by Gasteiger charge is 2.18. The van der Waals surface area contributed by atoms with E-state index in [9.17, 15) is 4.79 Å². The van der Waals surface area contributed by atoms with Crippen LogP contribution in [0.3, 0.4) is 0 Å². The molecule has 0 saturated heterocycles. The van der Waals surface area contributed by atoms with Crippen molar-refractivity contribution in [3.05, 3.63) is 58.4 Å². The lowest BCUT2D eigenvalue weighted by Crippen LogP contribution is -2.05. The zero-order valence-electron chi connectivity index (χ0n) is 10.8. The molecule has 0 fully saturated rings. The van der Waals surface area contributed by atoms with E-state index < -0.39 is 0 Å². The van der Waals surface area contributed by atoms with Crippen LogP contribution in [0.25, 0.3) is 11.0 Å². The lowest BCUT2D eigenvalue weighted by Gasteiger charge is -2.05. The van der Waals surface area contributed by atoms with Crippen molar-refractivity contribution in [2.24, 2.45) is 0 Å². The molecular weight excluding hydrogens is 274 g/mol. The standard InChI is InChI=1S/C15H12ClN3O/c1-8-2-3-12(17)9(6-8)14(20)10-7-19-15-13(10)11(16)4-5-18-15/h2-7H,17H2,1H3,(H,18,19). The number of H-pyrrole nitrogens is 1. The topological polar surface area (TPSA) is 71.8 Å². The van der Waals surface area contributed by atoms with Crippen LogP contribution in [0.2, 0.25) is 5.02 Å². The van der Waals surface area contributed by atoms with Crippen molar-refractivity contribution in [2.45, 2.75) is 6.92 Å². The molecule has 0 atom stereocenters. The fraction of sp³-hybridized carbons (Fsp3) is 0.0667. The largest absolute Gasteiger partial charge is 0.398 e. The summed E-state index contributed by atoms with van der Waals surface area (Å²) in [6, 6.07) is 7.04. The van der Waals surface area contributed by atoms with Gasteiger partial charge >= 0.3 is 0 Å². The maximum Gasteiger partial charge on any atom is 0.197 e. The van der Waals surface area contributed by atoms with Gasteiger partial charge < -0.3 is 10.7 Å². The number of aromatic nitrogens is 2. The number of nitrogens with two attached hydrogens (primary N) is 1. The van der Waals surface area contributed by atoms with E-state index in [0.29, 0.717) is 32.9 Å². The summed E-state index contributed by atoms with van der Waals surface area (Å²) in [4.78, 5) is 19.8. The van der Waals surface area contributed by atoms with E-state index in [-0.39, 0.29) is 5.78 Å². The molecule has 5 heteroatoms. The Morgan fingerprint density at radius 1 is 1.30 bits per heavy atom. The summed E-state index contributed by atoms with van der Waals surface area (Å²) in [7, 11) is 0. The number of carbonyl (C=O) groups excluding carboxylic acids is 1. The molecule has 3 rings (SSSR count). The van der Waals surface area contributed by atoms with E-state index >= 15 is 0 Å². The predicted molar refractivity (Wildman–Crippen MR) is 80.1 cm³/mol. The fourth-order valence-electron chi connectivity index (χ4n) is 2.21. The van der Waals surface area contributed by atoms with Gasteiger partial charge in [-0.05, 0) is 25.1 Å². The van der Waals surface area contributed by atoms with E-state index in [4.69, 9.17) is 17.3 Å². The van der Waals surface area contributed by atoms with Gasteiger partial charge in [-0.15, -0.1) is 0 Å². The van der Waals surface area contributed by atoms with Crippen LogP contribution in [-0.2, 0) is 0 Å². The molecule has 0 spiro atoms. The second-order valence-electron chi connectivity index (χ2n) is 4.64. The number of nitrogens with zero attached hydrogens (tertiary/aromatic N) is 1. The molecule has 0 unspecified atom stereocenters. The first-order valence-corrected chi connectivity index (χ1v) is 6.48. The summed E-state index contributed by atoms with van der Waals surface area (Å²) in [5.41, 5.74) is 8.88. The number of benzene rings is 1. The maximum atomic E-state index is 12.7. The number of carbonyl (C=O) groups is 1. The van der Waals surface area contributed by atoms with Gasteiger partial charge in [0.05, 0.1) is 10.6 Å². The number of anilines is 1. The smallest absolute Gasteiger partial charge is 0.197 e. The number of hydrogen-bond acceptors (Lipinski definition) is 3. The van der Waals surface area contributed by atoms with Crippen LogP contribution in [0.4, 0.5) is 5.69 Å². The quantitative estimate of drug-likeness (QED) is 0.560. The van der Waals surface area contributed by atoms with Gasteiger partial charge in [-0.3, -0.25) is 4.79 Å². The molecular formula is C15H12ClN3O. The van der Waals surface area contributed by atoms with Gasteiger partial charge in [-0.25, -0.2) is 4.98 Å². The second kappa shape index (κ2) is 4.65. The Bertz CT molecular complexity index is 823. The van der Waals surface area contributed by atoms with Crippen molar-refractivity contribution in [1.29, 1.82) is 0 Å². The Morgan fingerprint density at radius 2 is 2.10 bits per heavy atom. The molecule has 0 aliphatic rings. The minimum Gasteiger partial charge on any atom is -0.398 e. The van der Waals surface area contributed by atoms with Gasteiger partial charge in [0.25, 0.3) is 0 Å². The van der Waals surface area contributed by atoms with Gasteiger partial charge in [0, 0.05) is 29.0 Å². The average molecular weight is 286 g/mol. The summed E-state index contributed by atoms with van der Waals surface area (Å²) in [6.07, 6.45) is 3.21. The molecule has 2 heterocycles. The van der Waals surface area contributed by atoms with Crippen LogP contribution in [0, 0.1) is 6.92 Å². The molecule has 0 amide bonds. The normalized spacial score (nSPS) is 10.9. The number of ketones is 1. The third kappa shape index (κ3) is 1.94. The Kier molecular flexibility index (Phi) is 2.95. The number of aromatic amines is 1. The highest BCUT2D eigenvalue weighted by molar-refractivity contribution is 6.37. The van der Waals surface area contributed by atoms with Gasteiger partial charge in [-0.1, -0.05) is 23.2 Å². The van der Waals surface area contributed by atoms with Crippen molar-refractivity contribution < 1.29 is 4.79 Å². The second-order valence-corrected chi connectivity index (χ2v) is 5.05. The minimum absolute atomic E-state index is 0.160. The van der Waals surface area contributed by atoms with Crippen LogP contribution >= 0.6 is 11.6 Å². The van der Waals surface area contributed by atoms with Gasteiger partial charge in [0.2, 0.25) is 0 Å². The molecule has 0 radical (unpaired) electrons. The number of nitrogens with one attached hydrogen (secondary N) is 1. The maximum absolute atomic E-state index is 12.7. The van der Waals surface area contributed by atoms with E-state index in [1.165, 1.54) is 0 Å². The van der Waals surface area contributed by atoms with Crippen molar-refractivity contribution in [3.8, 4) is 0 Å². The molecule has 2 aromatic heterocycles. The summed E-state index contributed by atoms with van der Waals surface area (Å²) < 4.78 is 0. The van der Waals surface area contributed by atoms with Crippen LogP contribution in [0.15, 0.2) is 36.7 Å². The predicted octanol–water partition coefficient (Wildman–Crippen LogP) is 3.34. The molecule has 100 valence electrons. The van der Waals surface area contributed by atoms with Crippen molar-refractivity contribution in [3.63, 3.8) is 0 Å². The SMILES string of the molecule is Cc1ccc(N)c(C(=O)c2c[nH]c3nccc(Cl)c23)c1. The van der Waals surface area contributed by atoms with Crippen LogP contribution < -0.4 is 5.73 Å². The summed E-state index contributed by atoms with van der Waals surface area (Å²) in [5.74, 6) is -0.160. The van der Waals surface area contributed by atoms with Crippen molar-refractivity contribution >= 4 is 34.1 Å². The number of nitrogen functional groups attached to an aromatic ring is 1. The number of aryl methyl sites for hydroxylation is 1.